The second kappa shape index (κ2) is 11.7. The number of rotatable bonds is 6. The predicted octanol–water partition coefficient (Wildman–Crippen LogP) is 10.3. The van der Waals surface area contributed by atoms with Crippen molar-refractivity contribution in [3.8, 4) is 5.75 Å². The molecule has 1 aromatic carbocycles. The molecule has 2 N–H and O–H groups in total. The van der Waals surface area contributed by atoms with Gasteiger partial charge in [-0.05, 0) is 153 Å². The lowest BCUT2D eigenvalue weighted by atomic mass is 9.46. The van der Waals surface area contributed by atoms with Crippen molar-refractivity contribution in [3.63, 3.8) is 0 Å². The number of hydrogen-bond acceptors (Lipinski definition) is 4. The molecule has 0 heterocycles. The van der Waals surface area contributed by atoms with Gasteiger partial charge in [0.15, 0.2) is 5.78 Å². The van der Waals surface area contributed by atoms with Gasteiger partial charge in [0, 0.05) is 17.3 Å². The number of phenols is 1. The smallest absolute Gasteiger partial charge is 0.205 e. The molecular formula is C42H57NO3. The molecule has 3 fully saturated rings. The molecule has 0 aromatic heterocycles. The van der Waals surface area contributed by atoms with Crippen molar-refractivity contribution in [2.75, 3.05) is 5.32 Å². The average Bonchev–Trinajstić information content (AvgIpc) is 3.00. The maximum absolute atomic E-state index is 14.1. The first kappa shape index (κ1) is 33.0. The predicted molar refractivity (Wildman–Crippen MR) is 188 cm³/mol. The Bertz CT molecular complexity index is 1550. The molecule has 6 rings (SSSR count). The number of hydrogen-bond donors (Lipinski definition) is 2. The van der Waals surface area contributed by atoms with Crippen LogP contribution in [-0.4, -0.2) is 16.7 Å². The number of allylic oxidation sites excluding steroid dienone is 6. The van der Waals surface area contributed by atoms with Crippen LogP contribution in [-0.2, 0) is 16.0 Å². The highest BCUT2D eigenvalue weighted by molar-refractivity contribution is 6.21. The van der Waals surface area contributed by atoms with Gasteiger partial charge in [-0.3, -0.25) is 9.59 Å². The van der Waals surface area contributed by atoms with Crippen molar-refractivity contribution >= 4 is 17.3 Å². The quantitative estimate of drug-likeness (QED) is 0.188. The van der Waals surface area contributed by atoms with Gasteiger partial charge < -0.3 is 10.4 Å². The number of fused-ring (bicyclic) bond motifs is 2. The number of nitrogens with one attached hydrogen (secondary N) is 1. The molecule has 0 aliphatic heterocycles. The van der Waals surface area contributed by atoms with Gasteiger partial charge in [0.25, 0.3) is 0 Å². The van der Waals surface area contributed by atoms with Gasteiger partial charge in [0.2, 0.25) is 5.78 Å². The second-order valence-corrected chi connectivity index (χ2v) is 17.1. The third-order valence-corrected chi connectivity index (χ3v) is 14.8. The van der Waals surface area contributed by atoms with E-state index in [9.17, 15) is 14.7 Å². The van der Waals surface area contributed by atoms with Crippen LogP contribution in [0.4, 0.5) is 5.69 Å². The van der Waals surface area contributed by atoms with Gasteiger partial charge >= 0.3 is 0 Å². The maximum atomic E-state index is 14.1. The molecule has 248 valence electrons. The summed E-state index contributed by atoms with van der Waals surface area (Å²) in [5.74, 6) is 2.06. The number of Topliss-reactive ketones (excluding diaryl/α,β-unsaturated/α-hetero) is 1. The van der Waals surface area contributed by atoms with Gasteiger partial charge in [-0.2, -0.15) is 0 Å². The third-order valence-electron chi connectivity index (χ3n) is 14.8. The number of phenolic OH excluding ortho intramolecular Hbond substituents is 1. The van der Waals surface area contributed by atoms with E-state index in [1.807, 2.05) is 12.1 Å². The fourth-order valence-electron chi connectivity index (χ4n) is 11.1. The largest absolute Gasteiger partial charge is 0.508 e. The van der Waals surface area contributed by atoms with E-state index < -0.39 is 0 Å². The van der Waals surface area contributed by atoms with Crippen LogP contribution in [0.5, 0.6) is 5.75 Å². The zero-order valence-corrected chi connectivity index (χ0v) is 29.5. The molecule has 46 heavy (non-hydrogen) atoms. The zero-order valence-electron chi connectivity index (χ0n) is 29.5. The molecule has 4 nitrogen and oxygen atoms in total. The highest BCUT2D eigenvalue weighted by Gasteiger charge is 2.55. The van der Waals surface area contributed by atoms with Crippen molar-refractivity contribution < 1.29 is 14.7 Å². The first-order chi connectivity index (χ1) is 21.6. The SMILES string of the molecule is C=C1CCC[C@H]2[C@](C)(CC3=CC(=O)C=C(Nc4ccc(O)c(C[C@]5(C)[C@@H](C)CC[C@]6(C)C(C)=CCC[C@@H]56)c4)C3=O)[C@@H](C)CC[C@]12C. The maximum Gasteiger partial charge on any atom is 0.205 e. The Kier molecular flexibility index (Phi) is 8.38. The highest BCUT2D eigenvalue weighted by atomic mass is 16.3. The molecule has 0 amide bonds. The molecule has 0 unspecified atom stereocenters. The Labute approximate surface area is 277 Å². The Morgan fingerprint density at radius 2 is 1.54 bits per heavy atom. The molecule has 4 heteroatoms. The third kappa shape index (κ3) is 5.27. The Morgan fingerprint density at radius 1 is 0.891 bits per heavy atom. The summed E-state index contributed by atoms with van der Waals surface area (Å²) < 4.78 is 0. The molecule has 3 saturated carbocycles. The number of carbonyl (C=O) groups excluding carboxylic acids is 2. The number of aromatic hydroxyl groups is 1. The fraction of sp³-hybridized carbons (Fsp3) is 0.619. The molecule has 0 saturated heterocycles. The van der Waals surface area contributed by atoms with Crippen molar-refractivity contribution in [2.45, 2.75) is 119 Å². The van der Waals surface area contributed by atoms with Gasteiger partial charge in [0.05, 0.1) is 5.70 Å². The zero-order chi connectivity index (χ0) is 33.2. The highest BCUT2D eigenvalue weighted by Crippen LogP contribution is 2.64. The standard InChI is InChI=1S/C42H57NO3/c1-26-11-9-13-36-39(26,5)19-17-28(3)41(36,7)24-30-21-32(15-16-35(30)45)43-34-23-33(44)22-31(38(34)46)25-42(8)29(4)18-20-40(6)27(2)12-10-14-37(40)42/h11,15-16,21-23,28-29,36-37,43,45H,2,9-10,12-14,17-20,24-25H2,1,3-8H3/t28-,29-,36+,37+,39+,40+,41+,42+/m0/s1. The molecular weight excluding hydrogens is 566 g/mol. The van der Waals surface area contributed by atoms with Gasteiger partial charge in [0.1, 0.15) is 5.75 Å². The summed E-state index contributed by atoms with van der Waals surface area (Å²) in [5, 5.41) is 14.4. The second-order valence-electron chi connectivity index (χ2n) is 17.1. The Morgan fingerprint density at radius 3 is 2.26 bits per heavy atom. The minimum Gasteiger partial charge on any atom is -0.508 e. The lowest BCUT2D eigenvalue weighted by Crippen LogP contribution is -2.50. The summed E-state index contributed by atoms with van der Waals surface area (Å²) in [6.45, 7) is 21.2. The normalized spacial score (nSPS) is 39.5. The van der Waals surface area contributed by atoms with Crippen molar-refractivity contribution in [1.82, 2.24) is 0 Å². The topological polar surface area (TPSA) is 66.4 Å². The van der Waals surface area contributed by atoms with Crippen LogP contribution < -0.4 is 5.32 Å². The summed E-state index contributed by atoms with van der Waals surface area (Å²) in [6, 6.07) is 5.57. The molecule has 8 atom stereocenters. The van der Waals surface area contributed by atoms with E-state index >= 15 is 0 Å². The van der Waals surface area contributed by atoms with Gasteiger partial charge in [-0.1, -0.05) is 65.3 Å². The lowest BCUT2D eigenvalue weighted by Gasteiger charge is -2.59. The molecule has 0 radical (unpaired) electrons. The van der Waals surface area contributed by atoms with E-state index in [4.69, 9.17) is 0 Å². The summed E-state index contributed by atoms with van der Waals surface area (Å²) in [7, 11) is 0. The van der Waals surface area contributed by atoms with Crippen LogP contribution >= 0.6 is 0 Å². The van der Waals surface area contributed by atoms with E-state index in [0.717, 1.165) is 56.2 Å². The van der Waals surface area contributed by atoms with Crippen molar-refractivity contribution in [2.24, 2.45) is 45.3 Å². The van der Waals surface area contributed by atoms with E-state index in [0.29, 0.717) is 47.1 Å². The van der Waals surface area contributed by atoms with Crippen molar-refractivity contribution in [3.05, 3.63) is 71.0 Å². The Hall–Kier alpha value is -2.88. The van der Waals surface area contributed by atoms with Gasteiger partial charge in [-0.25, -0.2) is 0 Å². The number of ketones is 2. The van der Waals surface area contributed by atoms with Gasteiger partial charge in [-0.15, -0.1) is 0 Å². The van der Waals surface area contributed by atoms with Crippen molar-refractivity contribution in [1.29, 1.82) is 0 Å². The number of anilines is 1. The number of carbonyl (C=O) groups is 2. The van der Waals surface area contributed by atoms with Crippen LogP contribution in [0, 0.1) is 45.3 Å². The number of benzene rings is 1. The molecule has 0 bridgehead atoms. The Balaban J connectivity index is 1.23. The summed E-state index contributed by atoms with van der Waals surface area (Å²) >= 11 is 0. The molecule has 0 spiro atoms. The minimum absolute atomic E-state index is 0.0372. The first-order valence-electron chi connectivity index (χ1n) is 18.1. The summed E-state index contributed by atoms with van der Waals surface area (Å²) in [5.41, 5.74) is 5.73. The van der Waals surface area contributed by atoms with E-state index in [1.54, 1.807) is 12.1 Å². The summed E-state index contributed by atoms with van der Waals surface area (Å²) in [6.07, 6.45) is 17.2. The molecule has 5 aliphatic rings. The van der Waals surface area contributed by atoms with Crippen LogP contribution in [0.2, 0.25) is 0 Å². The van der Waals surface area contributed by atoms with E-state index in [2.05, 4.69) is 66.4 Å². The lowest BCUT2D eigenvalue weighted by molar-refractivity contribution is -0.116. The van der Waals surface area contributed by atoms with E-state index in [-0.39, 0.29) is 33.2 Å². The van der Waals surface area contributed by atoms with Crippen LogP contribution in [0.3, 0.4) is 0 Å². The van der Waals surface area contributed by atoms with Crippen LogP contribution in [0.25, 0.3) is 0 Å². The fourth-order valence-corrected chi connectivity index (χ4v) is 11.1. The first-order valence-corrected chi connectivity index (χ1v) is 18.1. The average molecular weight is 624 g/mol. The summed E-state index contributed by atoms with van der Waals surface area (Å²) in [4.78, 5) is 27.2. The molecule has 5 aliphatic carbocycles. The van der Waals surface area contributed by atoms with E-state index in [1.165, 1.54) is 36.5 Å². The van der Waals surface area contributed by atoms with Crippen LogP contribution in [0.1, 0.15) is 118 Å². The molecule has 1 aromatic rings. The monoisotopic (exact) mass is 623 g/mol. The van der Waals surface area contributed by atoms with Crippen LogP contribution in [0.15, 0.2) is 65.4 Å². The minimum atomic E-state index is -0.137.